The van der Waals surface area contributed by atoms with Crippen molar-refractivity contribution in [2.24, 2.45) is 0 Å². The van der Waals surface area contributed by atoms with Crippen molar-refractivity contribution in [2.45, 2.75) is 20.4 Å². The monoisotopic (exact) mass is 411 g/mol. The van der Waals surface area contributed by atoms with E-state index >= 15 is 0 Å². The molecule has 0 fully saturated rings. The fourth-order valence-corrected chi connectivity index (χ4v) is 2.96. The number of halogens is 2. The molecule has 25 heavy (non-hydrogen) atoms. The number of carbonyl (C=O) groups excluding carboxylic acids is 2. The highest BCUT2D eigenvalue weighted by atomic mass is 79.9. The van der Waals surface area contributed by atoms with Crippen LogP contribution < -0.4 is 0 Å². The number of carbonyl (C=O) groups is 2. The van der Waals surface area contributed by atoms with Gasteiger partial charge in [0.25, 0.3) is 0 Å². The van der Waals surface area contributed by atoms with Gasteiger partial charge in [0, 0.05) is 35.1 Å². The third-order valence-corrected chi connectivity index (χ3v) is 4.57. The van der Waals surface area contributed by atoms with Crippen LogP contribution >= 0.6 is 15.9 Å². The average Bonchev–Trinajstić information content (AvgIpc) is 2.87. The molecule has 0 bridgehead atoms. The van der Waals surface area contributed by atoms with E-state index in [1.165, 1.54) is 12.1 Å². The van der Waals surface area contributed by atoms with Crippen LogP contribution in [-0.2, 0) is 16.0 Å². The predicted octanol–water partition coefficient (Wildman–Crippen LogP) is 3.69. The van der Waals surface area contributed by atoms with Gasteiger partial charge < -0.3 is 14.0 Å². The van der Waals surface area contributed by atoms with E-state index in [1.807, 2.05) is 18.4 Å². The van der Waals surface area contributed by atoms with Gasteiger partial charge in [-0.05, 0) is 54.0 Å². The minimum absolute atomic E-state index is 0.0402. The topological polar surface area (TPSA) is 57.5 Å². The van der Waals surface area contributed by atoms with Crippen molar-refractivity contribution >= 4 is 27.7 Å². The van der Waals surface area contributed by atoms with E-state index in [0.29, 0.717) is 23.2 Å². The highest BCUT2D eigenvalue weighted by Crippen LogP contribution is 2.20. The van der Waals surface area contributed by atoms with Crippen molar-refractivity contribution in [3.63, 3.8) is 0 Å². The number of benzene rings is 1. The number of rotatable bonds is 7. The van der Waals surface area contributed by atoms with Crippen molar-refractivity contribution < 1.29 is 23.5 Å². The summed E-state index contributed by atoms with van der Waals surface area (Å²) in [4.78, 5) is 24.4. The fraction of sp³-hybridized carbons (Fsp3) is 0.333. The Morgan fingerprint density at radius 3 is 2.60 bits per heavy atom. The first kappa shape index (κ1) is 19.3. The van der Waals surface area contributed by atoms with Crippen LogP contribution in [0.3, 0.4) is 0 Å². The zero-order chi connectivity index (χ0) is 18.6. The van der Waals surface area contributed by atoms with Gasteiger partial charge in [0.15, 0.2) is 6.61 Å². The number of esters is 1. The summed E-state index contributed by atoms with van der Waals surface area (Å²) in [5.74, 6) is -1.62. The van der Waals surface area contributed by atoms with Crippen molar-refractivity contribution in [3.8, 4) is 0 Å². The van der Waals surface area contributed by atoms with Gasteiger partial charge in [-0.15, -0.1) is 0 Å². The molecule has 0 aliphatic heterocycles. The number of Topliss-reactive ketones (excluding diaryl/α,β-unsaturated/α-hetero) is 1. The first-order chi connectivity index (χ1) is 11.8. The normalized spacial score (nSPS) is 10.8. The molecular formula is C18H19BrFNO4. The lowest BCUT2D eigenvalue weighted by atomic mass is 10.1. The largest absolute Gasteiger partial charge is 0.454 e. The molecule has 0 saturated carbocycles. The van der Waals surface area contributed by atoms with Crippen LogP contribution in [0.2, 0.25) is 0 Å². The van der Waals surface area contributed by atoms with Crippen molar-refractivity contribution in [2.75, 3.05) is 20.3 Å². The number of aryl methyl sites for hydroxylation is 1. The van der Waals surface area contributed by atoms with E-state index in [1.54, 1.807) is 13.2 Å². The molecule has 0 atom stereocenters. The Labute approximate surface area is 153 Å². The van der Waals surface area contributed by atoms with Crippen LogP contribution in [0, 0.1) is 19.7 Å². The lowest BCUT2D eigenvalue weighted by Crippen LogP contribution is -2.16. The van der Waals surface area contributed by atoms with Gasteiger partial charge in [0.1, 0.15) is 5.82 Å². The van der Waals surface area contributed by atoms with Crippen molar-refractivity contribution in [3.05, 3.63) is 57.1 Å². The standard InChI is InChI=1S/C18H19BrFNO4/c1-11-8-14(12(2)21(11)6-7-24-3)17(22)10-25-18(23)15-9-13(20)4-5-16(15)19/h4-5,8-9H,6-7,10H2,1-3H3. The van der Waals surface area contributed by atoms with Crippen molar-refractivity contribution in [1.29, 1.82) is 0 Å². The zero-order valence-electron chi connectivity index (χ0n) is 14.3. The molecule has 1 heterocycles. The number of aromatic nitrogens is 1. The van der Waals surface area contributed by atoms with E-state index in [4.69, 9.17) is 9.47 Å². The molecule has 0 spiro atoms. The number of nitrogens with zero attached hydrogens (tertiary/aromatic N) is 1. The molecule has 134 valence electrons. The first-order valence-electron chi connectivity index (χ1n) is 7.66. The Hall–Kier alpha value is -1.99. The lowest BCUT2D eigenvalue weighted by molar-refractivity contribution is 0.0473. The van der Waals surface area contributed by atoms with E-state index < -0.39 is 18.4 Å². The highest BCUT2D eigenvalue weighted by Gasteiger charge is 2.19. The molecule has 7 heteroatoms. The number of hydrogen-bond acceptors (Lipinski definition) is 4. The third-order valence-electron chi connectivity index (χ3n) is 3.88. The molecule has 5 nitrogen and oxygen atoms in total. The maximum Gasteiger partial charge on any atom is 0.339 e. The molecule has 2 aromatic rings. The summed E-state index contributed by atoms with van der Waals surface area (Å²) < 4.78 is 25.8. The second-order valence-electron chi connectivity index (χ2n) is 5.55. The fourth-order valence-electron chi connectivity index (χ4n) is 2.55. The molecule has 0 aliphatic rings. The van der Waals surface area contributed by atoms with Crippen molar-refractivity contribution in [1.82, 2.24) is 4.57 Å². The summed E-state index contributed by atoms with van der Waals surface area (Å²) in [5, 5.41) is 0. The molecule has 0 radical (unpaired) electrons. The van der Waals surface area contributed by atoms with Gasteiger partial charge in [0.2, 0.25) is 5.78 Å². The molecule has 2 rings (SSSR count). The molecule has 1 aromatic heterocycles. The maximum absolute atomic E-state index is 13.3. The molecule has 0 aliphatic carbocycles. The summed E-state index contributed by atoms with van der Waals surface area (Å²) in [6.45, 7) is 4.50. The predicted molar refractivity (Wildman–Crippen MR) is 94.5 cm³/mol. The second kappa shape index (κ2) is 8.40. The van der Waals surface area contributed by atoms with Gasteiger partial charge in [-0.3, -0.25) is 4.79 Å². The van der Waals surface area contributed by atoms with Gasteiger partial charge >= 0.3 is 5.97 Å². The second-order valence-corrected chi connectivity index (χ2v) is 6.41. The minimum atomic E-state index is -0.757. The first-order valence-corrected chi connectivity index (χ1v) is 8.45. The smallest absolute Gasteiger partial charge is 0.339 e. The van der Waals surface area contributed by atoms with E-state index in [0.717, 1.165) is 17.5 Å². The SMILES string of the molecule is COCCn1c(C)cc(C(=O)COC(=O)c2cc(F)ccc2Br)c1C. The summed E-state index contributed by atoms with van der Waals surface area (Å²) in [6.07, 6.45) is 0. The van der Waals surface area contributed by atoms with Crippen LogP contribution in [0.1, 0.15) is 32.1 Å². The van der Waals surface area contributed by atoms with Gasteiger partial charge in [-0.2, -0.15) is 0 Å². The van der Waals surface area contributed by atoms with Gasteiger partial charge in [-0.1, -0.05) is 0 Å². The Kier molecular flexibility index (Phi) is 6.50. The van der Waals surface area contributed by atoms with Gasteiger partial charge in [0.05, 0.1) is 12.2 Å². The van der Waals surface area contributed by atoms with Crippen LogP contribution in [0.4, 0.5) is 4.39 Å². The minimum Gasteiger partial charge on any atom is -0.454 e. The molecule has 0 unspecified atom stereocenters. The Morgan fingerprint density at radius 1 is 1.20 bits per heavy atom. The summed E-state index contributed by atoms with van der Waals surface area (Å²) in [6, 6.07) is 5.46. The van der Waals surface area contributed by atoms with Crippen LogP contribution in [0.25, 0.3) is 0 Å². The van der Waals surface area contributed by atoms with Gasteiger partial charge in [-0.25, -0.2) is 9.18 Å². The highest BCUT2D eigenvalue weighted by molar-refractivity contribution is 9.10. The summed E-state index contributed by atoms with van der Waals surface area (Å²) in [5.41, 5.74) is 2.26. The Bertz CT molecular complexity index is 801. The van der Waals surface area contributed by atoms with Crippen LogP contribution in [-0.4, -0.2) is 36.6 Å². The molecule has 0 saturated heterocycles. The molecule has 0 amide bonds. The third kappa shape index (κ3) is 4.55. The van der Waals surface area contributed by atoms with E-state index in [9.17, 15) is 14.0 Å². The zero-order valence-corrected chi connectivity index (χ0v) is 15.9. The number of ether oxygens (including phenoxy) is 2. The lowest BCUT2D eigenvalue weighted by Gasteiger charge is -2.09. The molecular weight excluding hydrogens is 393 g/mol. The Balaban J connectivity index is 2.07. The Morgan fingerprint density at radius 2 is 1.92 bits per heavy atom. The van der Waals surface area contributed by atoms with E-state index in [2.05, 4.69) is 15.9 Å². The average molecular weight is 412 g/mol. The summed E-state index contributed by atoms with van der Waals surface area (Å²) >= 11 is 3.16. The summed E-state index contributed by atoms with van der Waals surface area (Å²) in [7, 11) is 1.62. The maximum atomic E-state index is 13.3. The molecule has 0 N–H and O–H groups in total. The van der Waals surface area contributed by atoms with Crippen LogP contribution in [0.15, 0.2) is 28.7 Å². The van der Waals surface area contributed by atoms with Crippen LogP contribution in [0.5, 0.6) is 0 Å². The number of ketones is 1. The number of hydrogen-bond donors (Lipinski definition) is 0. The quantitative estimate of drug-likeness (QED) is 0.514. The van der Waals surface area contributed by atoms with E-state index in [-0.39, 0.29) is 11.3 Å². The number of methoxy groups -OCH3 is 1. The molecule has 1 aromatic carbocycles.